The summed E-state index contributed by atoms with van der Waals surface area (Å²) >= 11 is 1.55. The van der Waals surface area contributed by atoms with E-state index in [4.69, 9.17) is 0 Å². The van der Waals surface area contributed by atoms with Crippen molar-refractivity contribution in [2.24, 2.45) is 0 Å². The summed E-state index contributed by atoms with van der Waals surface area (Å²) in [5.41, 5.74) is 0. The van der Waals surface area contributed by atoms with E-state index in [1.54, 1.807) is 24.2 Å². The largest absolute Gasteiger partial charge is 0.355 e. The van der Waals surface area contributed by atoms with Crippen LogP contribution in [0.4, 0.5) is 0 Å². The molecule has 0 radical (unpaired) electrons. The molecule has 6 heteroatoms. The molecular weight excluding hydrogens is 332 g/mol. The number of pyridine rings is 1. The maximum Gasteiger partial charge on any atom is 0.230 e. The number of nitrogens with one attached hydrogen (secondary N) is 3. The molecule has 25 heavy (non-hydrogen) atoms. The maximum atomic E-state index is 11.8. The van der Waals surface area contributed by atoms with E-state index in [1.807, 2.05) is 12.1 Å². The van der Waals surface area contributed by atoms with E-state index in [9.17, 15) is 4.79 Å². The first-order valence-electron chi connectivity index (χ1n) is 9.58. The van der Waals surface area contributed by atoms with Crippen LogP contribution in [-0.2, 0) is 4.79 Å². The molecule has 140 valence electrons. The number of thioether (sulfide) groups is 1. The smallest absolute Gasteiger partial charge is 0.230 e. The molecule has 3 N–H and O–H groups in total. The zero-order chi connectivity index (χ0) is 17.6. The van der Waals surface area contributed by atoms with Gasteiger partial charge in [-0.2, -0.15) is 0 Å². The van der Waals surface area contributed by atoms with Gasteiger partial charge < -0.3 is 16.0 Å². The second-order valence-corrected chi connectivity index (χ2v) is 7.62. The Labute approximate surface area is 156 Å². The van der Waals surface area contributed by atoms with Crippen molar-refractivity contribution in [3.63, 3.8) is 0 Å². The van der Waals surface area contributed by atoms with Gasteiger partial charge in [0.1, 0.15) is 0 Å². The number of nitrogens with zero attached hydrogens (tertiary/aromatic N) is 1. The molecule has 0 atom stereocenters. The Balaban J connectivity index is 1.35. The van der Waals surface area contributed by atoms with Crippen molar-refractivity contribution in [1.82, 2.24) is 20.9 Å². The normalized spacial score (nSPS) is 15.2. The molecule has 0 aliphatic heterocycles. The van der Waals surface area contributed by atoms with Gasteiger partial charge in [0.15, 0.2) is 0 Å². The molecule has 1 saturated carbocycles. The van der Waals surface area contributed by atoms with Crippen LogP contribution >= 0.6 is 11.8 Å². The fourth-order valence-electron chi connectivity index (χ4n) is 3.03. The first-order chi connectivity index (χ1) is 12.3. The third-order valence-electron chi connectivity index (χ3n) is 4.46. The van der Waals surface area contributed by atoms with Crippen molar-refractivity contribution >= 4 is 17.7 Å². The average Bonchev–Trinajstić information content (AvgIpc) is 2.66. The van der Waals surface area contributed by atoms with Crippen LogP contribution in [0.2, 0.25) is 0 Å². The number of amides is 1. The van der Waals surface area contributed by atoms with Gasteiger partial charge in [0.2, 0.25) is 5.91 Å². The third-order valence-corrected chi connectivity index (χ3v) is 5.47. The minimum absolute atomic E-state index is 0.103. The summed E-state index contributed by atoms with van der Waals surface area (Å²) in [6, 6.07) is 4.59. The topological polar surface area (TPSA) is 66.0 Å². The molecule has 0 unspecified atom stereocenters. The number of carbonyl (C=O) groups excluding carboxylic acids is 1. The Morgan fingerprint density at radius 3 is 2.60 bits per heavy atom. The fourth-order valence-corrected chi connectivity index (χ4v) is 3.75. The summed E-state index contributed by atoms with van der Waals surface area (Å²) in [5, 5.41) is 10.1. The van der Waals surface area contributed by atoms with E-state index in [0.717, 1.165) is 50.0 Å². The molecule has 1 aromatic rings. The van der Waals surface area contributed by atoms with E-state index < -0.39 is 0 Å². The molecule has 1 aromatic heterocycles. The zero-order valence-corrected chi connectivity index (χ0v) is 16.0. The van der Waals surface area contributed by atoms with Gasteiger partial charge >= 0.3 is 0 Å². The quantitative estimate of drug-likeness (QED) is 0.393. The Kier molecular flexibility index (Phi) is 10.6. The SMILES string of the molecule is O=C(CSc1ccncc1)NCCCCNCCNC1CCCCC1. The second-order valence-electron chi connectivity index (χ2n) is 6.57. The van der Waals surface area contributed by atoms with Gasteiger partial charge in [0.25, 0.3) is 0 Å². The summed E-state index contributed by atoms with van der Waals surface area (Å²) in [7, 11) is 0. The minimum Gasteiger partial charge on any atom is -0.355 e. The number of hydrogen-bond donors (Lipinski definition) is 3. The van der Waals surface area contributed by atoms with Crippen LogP contribution in [-0.4, -0.2) is 48.9 Å². The highest BCUT2D eigenvalue weighted by molar-refractivity contribution is 8.00. The Morgan fingerprint density at radius 2 is 1.80 bits per heavy atom. The summed E-state index contributed by atoms with van der Waals surface area (Å²) in [6.07, 6.45) is 12.5. The van der Waals surface area contributed by atoms with Crippen LogP contribution in [0.3, 0.4) is 0 Å². The summed E-state index contributed by atoms with van der Waals surface area (Å²) < 4.78 is 0. The molecular formula is C19H32N4OS. The monoisotopic (exact) mass is 364 g/mol. The second kappa shape index (κ2) is 13.1. The zero-order valence-electron chi connectivity index (χ0n) is 15.1. The molecule has 1 amide bonds. The van der Waals surface area contributed by atoms with Crippen molar-refractivity contribution in [2.45, 2.75) is 55.9 Å². The molecule has 0 saturated heterocycles. The molecule has 1 aliphatic carbocycles. The predicted molar refractivity (Wildman–Crippen MR) is 105 cm³/mol. The van der Waals surface area contributed by atoms with Crippen molar-refractivity contribution < 1.29 is 4.79 Å². The summed E-state index contributed by atoms with van der Waals surface area (Å²) in [5.74, 6) is 0.571. The van der Waals surface area contributed by atoms with Gasteiger partial charge in [-0.15, -0.1) is 11.8 Å². The van der Waals surface area contributed by atoms with Crippen LogP contribution in [0.15, 0.2) is 29.4 Å². The molecule has 1 heterocycles. The van der Waals surface area contributed by atoms with Gasteiger partial charge in [0.05, 0.1) is 5.75 Å². The number of rotatable bonds is 12. The molecule has 0 aromatic carbocycles. The van der Waals surface area contributed by atoms with Gasteiger partial charge in [-0.05, 0) is 44.4 Å². The molecule has 2 rings (SSSR count). The van der Waals surface area contributed by atoms with Crippen molar-refractivity contribution in [2.75, 3.05) is 31.9 Å². The third kappa shape index (κ3) is 9.82. The lowest BCUT2D eigenvalue weighted by atomic mass is 9.95. The lowest BCUT2D eigenvalue weighted by Gasteiger charge is -2.22. The molecule has 1 aliphatic rings. The van der Waals surface area contributed by atoms with E-state index in [1.165, 1.54) is 32.1 Å². The van der Waals surface area contributed by atoms with Crippen LogP contribution in [0.1, 0.15) is 44.9 Å². The Morgan fingerprint density at radius 1 is 1.04 bits per heavy atom. The minimum atomic E-state index is 0.103. The predicted octanol–water partition coefficient (Wildman–Crippen LogP) is 2.58. The number of carbonyl (C=O) groups is 1. The van der Waals surface area contributed by atoms with E-state index in [-0.39, 0.29) is 5.91 Å². The average molecular weight is 365 g/mol. The van der Waals surface area contributed by atoms with Crippen molar-refractivity contribution in [3.8, 4) is 0 Å². The molecule has 5 nitrogen and oxygen atoms in total. The van der Waals surface area contributed by atoms with E-state index in [2.05, 4.69) is 20.9 Å². The van der Waals surface area contributed by atoms with Crippen molar-refractivity contribution in [3.05, 3.63) is 24.5 Å². The Bertz CT molecular complexity index is 466. The first kappa shape index (κ1) is 20.2. The first-order valence-corrected chi connectivity index (χ1v) is 10.6. The number of aromatic nitrogens is 1. The Hall–Kier alpha value is -1.11. The lowest BCUT2D eigenvalue weighted by Crippen LogP contribution is -2.36. The number of hydrogen-bond acceptors (Lipinski definition) is 5. The molecule has 0 spiro atoms. The molecule has 1 fully saturated rings. The van der Waals surface area contributed by atoms with Gasteiger partial charge in [-0.25, -0.2) is 0 Å². The highest BCUT2D eigenvalue weighted by atomic mass is 32.2. The number of unbranched alkanes of at least 4 members (excludes halogenated alkanes) is 1. The summed E-state index contributed by atoms with van der Waals surface area (Å²) in [4.78, 5) is 16.8. The van der Waals surface area contributed by atoms with E-state index in [0.29, 0.717) is 5.75 Å². The standard InChI is InChI=1S/C19H32N4OS/c24-19(16-25-18-8-12-21-13-9-18)23-11-5-4-10-20-14-15-22-17-6-2-1-3-7-17/h8-9,12-13,17,20,22H,1-7,10-11,14-16H2,(H,23,24). The van der Waals surface area contributed by atoms with Crippen LogP contribution in [0, 0.1) is 0 Å². The van der Waals surface area contributed by atoms with Gasteiger partial charge in [-0.1, -0.05) is 19.3 Å². The lowest BCUT2D eigenvalue weighted by molar-refractivity contribution is -0.118. The fraction of sp³-hybridized carbons (Fsp3) is 0.684. The van der Waals surface area contributed by atoms with Crippen LogP contribution in [0.25, 0.3) is 0 Å². The summed E-state index contributed by atoms with van der Waals surface area (Å²) in [6.45, 7) is 3.88. The van der Waals surface area contributed by atoms with Crippen molar-refractivity contribution in [1.29, 1.82) is 0 Å². The molecule has 0 bridgehead atoms. The van der Waals surface area contributed by atoms with Gasteiger partial charge in [-0.3, -0.25) is 9.78 Å². The van der Waals surface area contributed by atoms with Crippen LogP contribution < -0.4 is 16.0 Å². The van der Waals surface area contributed by atoms with Gasteiger partial charge in [0, 0.05) is 43.0 Å². The highest BCUT2D eigenvalue weighted by Gasteiger charge is 2.11. The highest BCUT2D eigenvalue weighted by Crippen LogP contribution is 2.17. The van der Waals surface area contributed by atoms with Crippen LogP contribution in [0.5, 0.6) is 0 Å². The maximum absolute atomic E-state index is 11.8. The van der Waals surface area contributed by atoms with E-state index >= 15 is 0 Å².